The number of amides is 2. The third-order valence-electron chi connectivity index (χ3n) is 33.9. The van der Waals surface area contributed by atoms with Gasteiger partial charge in [0.05, 0.1) is 24.4 Å². The summed E-state index contributed by atoms with van der Waals surface area (Å²) in [4.78, 5) is 124. The zero-order valence-corrected chi connectivity index (χ0v) is 89.2. The molecule has 6 fully saturated rings. The highest BCUT2D eigenvalue weighted by molar-refractivity contribution is 6.74. The predicted molar refractivity (Wildman–Crippen MR) is 532 cm³/mol. The maximum Gasteiger partial charge on any atom is 0.404 e. The maximum absolute atomic E-state index is 13.8. The first-order chi connectivity index (χ1) is 67.3. The standard InChI is InChI=1S/C36H53NO9Si.C35H52O8Si.C30H39NO9.C7H6N4O/c1-19-17-20(2)36-24(18-26(41-8)33(39)42-28(19)22(4)46-47(9,10)35(5,6)7)15-16-25-27(36)29(44-34(37)40)21(3)30(31(25)45-36)43-32(38)23-13-11-12-14-23;1-19-17-20(2)35-24(18-26(39-8)33(38)40-29(19)22(4)43-44(9,10)34(5,6)7)15-16-25-27(35)28(36)21(3)30(31(25)42-35)41-32(37)23-13-11-12-14-23;1-14-12-15(2)30-19(13-21(36-5)28(34)37-23(14)17(4)32)10-11-20-22(30)24(39-29(31)35)16(3)25(26(20)40-30)38-27(33)18-8-6-7-9-18;12-7(10-3-1-8-5-10)11-4-2-9-6-11/h11-13,15-17,19,21-22,24-31H,14,18H2,1-10H3,(H2,37,40);11-13,15-17,19,21-22,24-31,36H,14,18H2,1-10H3;6-8,10-12,14,16-17,19-26,32H,9,13H2,1-5H3,(H2,31,35);1-6H/b2*20-17+;15-12+;/t19-,21-,22-,24?,25-,26+,27+,28+,29-,30-,31-,36+;19-,21-,22-,24?,25-,26+,27+,28-,29+,30-,31-,35+;14-,16-,17-,19?,20-,21+,22+,23+,24-,25-,26-,30+;/m111./s1. The normalized spacial score (nSPS) is 39.3. The number of rotatable bonds is 18. The van der Waals surface area contributed by atoms with E-state index >= 15 is 0 Å². The Balaban J connectivity index is 0.000000160. The molecule has 36 atom stereocenters. The molecule has 6 aliphatic heterocycles. The number of methoxy groups -OCH3 is 3. The highest BCUT2D eigenvalue weighted by atomic mass is 28.4. The Bertz CT molecular complexity index is 5400. The van der Waals surface area contributed by atoms with Gasteiger partial charge in [-0.3, -0.25) is 9.13 Å². The van der Waals surface area contributed by atoms with Crippen LogP contribution in [0.5, 0.6) is 0 Å². The van der Waals surface area contributed by atoms with Gasteiger partial charge in [-0.2, -0.15) is 0 Å². The van der Waals surface area contributed by atoms with Gasteiger partial charge in [-0.1, -0.05) is 192 Å². The van der Waals surface area contributed by atoms with Gasteiger partial charge >= 0.3 is 54.0 Å². The van der Waals surface area contributed by atoms with Crippen LogP contribution in [0.15, 0.2) is 180 Å². The molecule has 782 valence electrons. The summed E-state index contributed by atoms with van der Waals surface area (Å²) < 4.78 is 103. The lowest BCUT2D eigenvalue weighted by molar-refractivity contribution is -0.173. The fourth-order valence-corrected chi connectivity index (χ4v) is 27.6. The van der Waals surface area contributed by atoms with E-state index in [9.17, 15) is 53.4 Å². The highest BCUT2D eigenvalue weighted by Gasteiger charge is 2.74. The van der Waals surface area contributed by atoms with Crippen molar-refractivity contribution in [1.29, 1.82) is 0 Å². The van der Waals surface area contributed by atoms with E-state index in [1.165, 1.54) is 43.1 Å². The van der Waals surface area contributed by atoms with Crippen LogP contribution in [0.2, 0.25) is 36.3 Å². The average Bonchev–Trinajstić information content (AvgIpc) is 1.54. The molecular weight excluding hydrogens is 1870 g/mol. The Hall–Kier alpha value is -9.64. The van der Waals surface area contributed by atoms with E-state index in [0.717, 1.165) is 16.7 Å². The lowest BCUT2D eigenvalue weighted by Gasteiger charge is -2.49. The van der Waals surface area contributed by atoms with Gasteiger partial charge < -0.3 is 96.8 Å². The number of aliphatic hydroxyl groups excluding tert-OH is 2. The molecule has 2 aromatic rings. The molecule has 3 spiro atoms. The SMILES string of the molecule is CO[C@H]1CC2C=C[C@H]3[C@H]4O[C@]2(/C(C)=C/[C@@H](C)[C@@H]([C@@H](C)O)OC1=O)[C@@H]3[C@H](OC(N)=O)[C@@H](C)[C@H]4OC(=O)C1=CC=CC1.CO[C@H]1CC2C=C[C@H]3[C@H]4O[C@]2(/C(C)=C/[C@@H](C)[C@@H]([C@@H](C)O[Si](C)(C)C(C)(C)C)OC1=O)[C@@H]3[C@H](O)[C@@H](C)[C@H]4OC(=O)C1=CC=CC1.CO[C@H]1CC2C=C[C@H]3[C@H]4O[C@]2(/C(C)=C/[C@@H](C)[C@@H]([C@@H](C)O[Si](C)(C)C(C)(C)C)OC1=O)[C@@H]3[C@H](OC(N)=O)[C@@H](C)[C@H]4OC(=O)C1=CC=CC1.O=C(n1ccnc1)n1ccnc1. The molecule has 3 saturated carbocycles. The van der Waals surface area contributed by atoms with E-state index in [4.69, 9.17) is 86.6 Å². The van der Waals surface area contributed by atoms with Crippen LogP contribution in [0.1, 0.15) is 163 Å². The Morgan fingerprint density at radius 3 is 1.06 bits per heavy atom. The molecule has 143 heavy (non-hydrogen) atoms. The third kappa shape index (κ3) is 21.0. The minimum Gasteiger partial charge on any atom is -0.457 e. The maximum atomic E-state index is 13.8. The molecule has 3 unspecified atom stereocenters. The largest absolute Gasteiger partial charge is 0.457 e. The number of imidazole rings is 2. The van der Waals surface area contributed by atoms with Gasteiger partial charge in [0.25, 0.3) is 0 Å². The summed E-state index contributed by atoms with van der Waals surface area (Å²) in [5.74, 6) is -7.21. The lowest BCUT2D eigenvalue weighted by Crippen LogP contribution is -2.58. The number of hydrogen-bond acceptors (Lipinski definition) is 29. The number of nitrogens with two attached hydrogens (primary N) is 2. The molecule has 3 saturated heterocycles. The number of carbonyl (C=O) groups is 9. The number of ether oxygens (including phenoxy) is 14. The molecule has 2 amide bonds. The third-order valence-corrected chi connectivity index (χ3v) is 43.0. The second-order valence-corrected chi connectivity index (χ2v) is 54.2. The Morgan fingerprint density at radius 1 is 0.462 bits per heavy atom. The number of cyclic esters (lactones) is 3. The van der Waals surface area contributed by atoms with Crippen molar-refractivity contribution in [1.82, 2.24) is 19.1 Å². The summed E-state index contributed by atoms with van der Waals surface area (Å²) in [6.07, 6.45) is 32.8. The molecule has 15 aliphatic rings. The van der Waals surface area contributed by atoms with Crippen LogP contribution < -0.4 is 11.5 Å². The van der Waals surface area contributed by atoms with E-state index in [1.54, 1.807) is 49.9 Å². The van der Waals surface area contributed by atoms with Crippen molar-refractivity contribution >= 4 is 70.7 Å². The van der Waals surface area contributed by atoms with Crippen molar-refractivity contribution in [2.45, 2.75) is 326 Å². The monoisotopic (exact) mass is 2020 g/mol. The van der Waals surface area contributed by atoms with Crippen LogP contribution in [0.3, 0.4) is 0 Å². The van der Waals surface area contributed by atoms with E-state index in [0.29, 0.717) is 42.4 Å². The van der Waals surface area contributed by atoms with E-state index in [2.05, 4.69) is 121 Å². The van der Waals surface area contributed by atoms with Crippen LogP contribution in [-0.2, 0) is 104 Å². The first-order valence-corrected chi connectivity index (χ1v) is 56.3. The molecule has 12 bridgehead atoms. The zero-order valence-electron chi connectivity index (χ0n) is 87.2. The topological polar surface area (TPSA) is 429 Å². The van der Waals surface area contributed by atoms with E-state index < -0.39 is 185 Å². The van der Waals surface area contributed by atoms with Crippen molar-refractivity contribution in [2.75, 3.05) is 21.3 Å². The first-order valence-electron chi connectivity index (χ1n) is 50.5. The quantitative estimate of drug-likeness (QED) is 0.0466. The Labute approximate surface area is 841 Å². The predicted octanol–water partition coefficient (Wildman–Crippen LogP) is 14.8. The summed E-state index contributed by atoms with van der Waals surface area (Å²) >= 11 is 0. The number of aromatic nitrogens is 4. The molecule has 35 heteroatoms. The highest BCUT2D eigenvalue weighted by Crippen LogP contribution is 2.66. The number of hydrogen-bond donors (Lipinski definition) is 4. The van der Waals surface area contributed by atoms with Gasteiger partial charge in [-0.05, 0) is 133 Å². The molecule has 2 aromatic heterocycles. The van der Waals surface area contributed by atoms with E-state index in [1.807, 2.05) is 124 Å². The van der Waals surface area contributed by atoms with Gasteiger partial charge in [0.2, 0.25) is 0 Å². The summed E-state index contributed by atoms with van der Waals surface area (Å²) in [5.41, 5.74) is 12.8. The van der Waals surface area contributed by atoms with E-state index in [-0.39, 0.29) is 124 Å². The van der Waals surface area contributed by atoms with Crippen LogP contribution in [0, 0.1) is 88.8 Å². The second kappa shape index (κ2) is 43.0. The number of primary amides is 2. The summed E-state index contributed by atoms with van der Waals surface area (Å²) in [7, 11) is 0.109. The van der Waals surface area contributed by atoms with Gasteiger partial charge in [0, 0.05) is 152 Å². The van der Waals surface area contributed by atoms with Gasteiger partial charge in [0.15, 0.2) is 34.9 Å². The molecule has 33 nitrogen and oxygen atoms in total. The molecule has 8 heterocycles. The fraction of sp³-hybridized carbons (Fsp3) is 0.639. The molecule has 0 aromatic carbocycles. The van der Waals surface area contributed by atoms with Crippen LogP contribution in [0.25, 0.3) is 0 Å². The molecule has 17 rings (SSSR count). The zero-order chi connectivity index (χ0) is 104. The molecule has 6 N–H and O–H groups in total. The fourth-order valence-electron chi connectivity index (χ4n) is 24.7. The van der Waals surface area contributed by atoms with Crippen molar-refractivity contribution in [3.63, 3.8) is 0 Å². The van der Waals surface area contributed by atoms with Gasteiger partial charge in [-0.25, -0.2) is 53.1 Å². The smallest absolute Gasteiger partial charge is 0.404 e. The summed E-state index contributed by atoms with van der Waals surface area (Å²) in [5, 5.41) is 22.4. The van der Waals surface area contributed by atoms with Crippen LogP contribution in [-0.4, -0.2) is 248 Å². The van der Waals surface area contributed by atoms with Crippen molar-refractivity contribution in [2.24, 2.45) is 100 Å². The first kappa shape index (κ1) is 109. The number of carbonyl (C=O) groups excluding carboxylic acids is 9. The van der Waals surface area contributed by atoms with Gasteiger partial charge in [0.1, 0.15) is 96.6 Å². The van der Waals surface area contributed by atoms with Crippen molar-refractivity contribution < 1.29 is 129 Å². The minimum absolute atomic E-state index is 0.00619. The average molecular weight is 2020 g/mol. The number of aliphatic hydroxyl groups is 2. The summed E-state index contributed by atoms with van der Waals surface area (Å²) in [6.45, 7) is 45.2. The Morgan fingerprint density at radius 2 is 0.769 bits per heavy atom. The lowest BCUT2D eigenvalue weighted by atomic mass is 9.57. The van der Waals surface area contributed by atoms with Crippen LogP contribution in [0.4, 0.5) is 14.4 Å². The van der Waals surface area contributed by atoms with Crippen molar-refractivity contribution in [3.05, 3.63) is 180 Å². The van der Waals surface area contributed by atoms with Crippen molar-refractivity contribution in [3.8, 4) is 0 Å². The molecule has 9 aliphatic carbocycles. The Kier molecular flexibility index (Phi) is 32.8. The van der Waals surface area contributed by atoms with Gasteiger partial charge in [-0.15, -0.1) is 0 Å². The van der Waals surface area contributed by atoms with Crippen LogP contribution >= 0.6 is 0 Å². The number of allylic oxidation sites excluding steroid dienone is 9. The summed E-state index contributed by atoms with van der Waals surface area (Å²) in [6, 6.07) is -0.190. The molecular formula is C108H150N6O27Si2. The number of nitrogens with zero attached hydrogens (tertiary/aromatic N) is 4. The minimum atomic E-state index is -2.21. The number of esters is 6. The molecule has 0 radical (unpaired) electrons. The second-order valence-electron chi connectivity index (χ2n) is 44.7.